The Morgan fingerprint density at radius 2 is 0.398 bits per heavy atom. The van der Waals surface area contributed by atoms with Crippen LogP contribution in [0.4, 0.5) is 0 Å². The van der Waals surface area contributed by atoms with Crippen molar-refractivity contribution in [1.29, 1.82) is 0 Å². The Morgan fingerprint density at radius 1 is 0.227 bits per heavy atom. The Hall–Kier alpha value is 0.442. The normalized spacial score (nSPS) is 14.5. The van der Waals surface area contributed by atoms with Gasteiger partial charge in [0.2, 0.25) is 0 Å². The molecule has 0 nitrogen and oxygen atoms in total. The quantitative estimate of drug-likeness (QED) is 0.0506. The molecule has 0 aliphatic carbocycles. The predicted molar refractivity (Wildman–Crippen MR) is 447 cm³/mol. The molecule has 0 radical (unpaired) electrons. The van der Waals surface area contributed by atoms with Crippen LogP contribution in [-0.4, -0.2) is 127 Å². The van der Waals surface area contributed by atoms with Gasteiger partial charge in [0.25, 0.3) is 0 Å². The average Bonchev–Trinajstić information content (AvgIpc) is 0.998. The van der Waals surface area contributed by atoms with Crippen LogP contribution in [0.25, 0.3) is 0 Å². The summed E-state index contributed by atoms with van der Waals surface area (Å²) < 4.78 is 6.70. The van der Waals surface area contributed by atoms with E-state index in [9.17, 15) is 0 Å². The number of hydrogen-bond donors (Lipinski definition) is 0. The molecule has 5 aromatic carbocycles. The summed E-state index contributed by atoms with van der Waals surface area (Å²) in [7, 11) is -20.1. The van der Waals surface area contributed by atoms with Crippen molar-refractivity contribution in [3.05, 3.63) is 130 Å². The SMILES string of the molecule is C[Si](C)(C)C(c1cc(C([Si](C)(C)C)[Si](C)(C)C)c([Se]c2ccccc2Sc2ccccc2Sc2ccccc2[Se]c2c(C([Si](C)(C)C)[Si](C)(C)C)cc(C([Si](C)(C)C)[Si](C)(C)C)cc2C([Si](C)(C)C)[Si](C)(C)C)c(C([Si](C)(C)C)[Si](C)(C)C)c1)[Si](C)(C)C. The molecule has 0 atom stereocenters. The first-order chi connectivity index (χ1) is 39.3. The maximum absolute atomic E-state index is 2.93. The average molecular weight is 1550 g/mol. The molecule has 0 saturated heterocycles. The fraction of sp³-hybridized carbons (Fsp3) is 0.583. The molecule has 88 heavy (non-hydrogen) atoms. The zero-order valence-corrected chi connectivity index (χ0v) is 80.4. The molecule has 0 fully saturated rings. The van der Waals surface area contributed by atoms with Gasteiger partial charge in [-0.25, -0.2) is 0 Å². The van der Waals surface area contributed by atoms with Crippen molar-refractivity contribution in [3.8, 4) is 0 Å². The Morgan fingerprint density at radius 3 is 0.580 bits per heavy atom. The topological polar surface area (TPSA) is 0 Å². The van der Waals surface area contributed by atoms with Gasteiger partial charge in [0.1, 0.15) is 0 Å². The van der Waals surface area contributed by atoms with Crippen molar-refractivity contribution in [1.82, 2.24) is 0 Å². The maximum atomic E-state index is 2.93. The summed E-state index contributed by atoms with van der Waals surface area (Å²) in [5, 5.41) is 4.12. The molecule has 16 heteroatoms. The molecular formula is C72H130S2Se2Si12. The molecule has 5 aromatic rings. The third kappa shape index (κ3) is 20.0. The summed E-state index contributed by atoms with van der Waals surface area (Å²) in [4.78, 5) is 5.66. The van der Waals surface area contributed by atoms with Gasteiger partial charge in [-0.15, -0.1) is 0 Å². The minimum absolute atomic E-state index is 0.120. The van der Waals surface area contributed by atoms with Crippen LogP contribution in [-0.2, 0) is 0 Å². The van der Waals surface area contributed by atoms with E-state index in [2.05, 4.69) is 356 Å². The first-order valence-corrected chi connectivity index (χ1v) is 81.6. The van der Waals surface area contributed by atoms with Crippen LogP contribution in [0.5, 0.6) is 0 Å². The molecule has 0 saturated carbocycles. The third-order valence-corrected chi connectivity index (χ3v) is 82.1. The van der Waals surface area contributed by atoms with Crippen LogP contribution < -0.4 is 17.8 Å². The van der Waals surface area contributed by atoms with Crippen molar-refractivity contribution in [2.24, 2.45) is 0 Å². The second-order valence-electron chi connectivity index (χ2n) is 39.8. The van der Waals surface area contributed by atoms with E-state index in [0.29, 0.717) is 31.0 Å². The fourth-order valence-electron chi connectivity index (χ4n) is 18.7. The van der Waals surface area contributed by atoms with E-state index >= 15 is 0 Å². The molecule has 0 amide bonds. The summed E-state index contributed by atoms with van der Waals surface area (Å²) in [5.41, 5.74) is 10.7. The summed E-state index contributed by atoms with van der Waals surface area (Å²) in [6, 6.07) is 40.8. The third-order valence-electron chi connectivity index (χ3n) is 18.1. The molecule has 0 N–H and O–H groups in total. The van der Waals surface area contributed by atoms with Gasteiger partial charge in [-0.05, 0) is 0 Å². The second kappa shape index (κ2) is 28.1. The minimum atomic E-state index is -1.71. The zero-order chi connectivity index (χ0) is 67.7. The molecule has 490 valence electrons. The molecule has 0 aliphatic rings. The molecule has 0 unspecified atom stereocenters. The Labute approximate surface area is 578 Å². The van der Waals surface area contributed by atoms with Crippen LogP contribution >= 0.6 is 23.5 Å². The monoisotopic (exact) mass is 1550 g/mol. The zero-order valence-electron chi connectivity index (χ0n) is 63.3. The van der Waals surface area contributed by atoms with Crippen LogP contribution in [0.1, 0.15) is 64.4 Å². The molecule has 0 spiro atoms. The van der Waals surface area contributed by atoms with E-state index < -0.39 is 96.9 Å². The standard InChI is InChI=1S/C72H130S2Se2Si12/c1-77(2,3)67(78(4,5)6)53-49-55(69(81(13,14)15)82(16,17)18)65(56(50-53)70(83(19,20)21)84(22,23)24)75-63-47-41-39-45-61(63)73-59-43-37-38-44-60(59)74-62-46-40-42-48-64(62)76-66-57(71(85(25,26)27)86(28,29)30)51-54(68(79(7,8)9)80(10,11)12)52-58(66)72(87(31,32)33)88(34,35)36/h37-52,67-72H,1-36H3. The Balaban J connectivity index is 1.83. The van der Waals surface area contributed by atoms with E-state index in [0.717, 1.165) is 0 Å². The summed E-state index contributed by atoms with van der Waals surface area (Å²) in [5.74, 6) is 0. The van der Waals surface area contributed by atoms with Crippen LogP contribution in [0.2, 0.25) is 236 Å². The number of rotatable bonds is 26. The van der Waals surface area contributed by atoms with Crippen LogP contribution in [0, 0.1) is 0 Å². The second-order valence-corrected chi connectivity index (χ2v) is 114. The van der Waals surface area contributed by atoms with Gasteiger partial charge >= 0.3 is 585 Å². The molecule has 5 rings (SSSR count). The molecule has 0 heterocycles. The Bertz CT molecular complexity index is 2800. The van der Waals surface area contributed by atoms with Crippen molar-refractivity contribution in [3.63, 3.8) is 0 Å². The molecular weight excluding hydrogens is 1420 g/mol. The van der Waals surface area contributed by atoms with E-state index in [1.165, 1.54) is 19.6 Å². The predicted octanol–water partition coefficient (Wildman–Crippen LogP) is 22.3. The van der Waals surface area contributed by atoms with E-state index in [4.69, 9.17) is 0 Å². The molecule has 0 aliphatic heterocycles. The van der Waals surface area contributed by atoms with Crippen LogP contribution in [0.15, 0.2) is 117 Å². The summed E-state index contributed by atoms with van der Waals surface area (Å²) in [6.45, 7) is 97.7. The van der Waals surface area contributed by atoms with Crippen molar-refractivity contribution in [2.45, 2.75) is 286 Å². The van der Waals surface area contributed by atoms with Crippen molar-refractivity contribution in [2.75, 3.05) is 0 Å². The first-order valence-electron chi connectivity index (χ1n) is 33.6. The van der Waals surface area contributed by atoms with Gasteiger partial charge < -0.3 is 0 Å². The van der Waals surface area contributed by atoms with Gasteiger partial charge in [0.05, 0.1) is 0 Å². The van der Waals surface area contributed by atoms with Gasteiger partial charge in [-0.2, -0.15) is 0 Å². The van der Waals surface area contributed by atoms with Crippen LogP contribution in [0.3, 0.4) is 0 Å². The summed E-state index contributed by atoms with van der Waals surface area (Å²) >= 11 is 4.35. The van der Waals surface area contributed by atoms with Crippen molar-refractivity contribution < 1.29 is 0 Å². The summed E-state index contributed by atoms with van der Waals surface area (Å²) in [6.07, 6.45) is 0. The van der Waals surface area contributed by atoms with Gasteiger partial charge in [-0.3, -0.25) is 0 Å². The molecule has 0 bridgehead atoms. The Kier molecular flexibility index (Phi) is 25.3. The van der Waals surface area contributed by atoms with Gasteiger partial charge in [-0.1, -0.05) is 0 Å². The van der Waals surface area contributed by atoms with Gasteiger partial charge in [0.15, 0.2) is 0 Å². The molecule has 0 aromatic heterocycles. The van der Waals surface area contributed by atoms with Crippen molar-refractivity contribution >= 4 is 168 Å². The van der Waals surface area contributed by atoms with E-state index in [-0.39, 0.29) is 29.9 Å². The first kappa shape index (κ1) is 79.1. The number of benzene rings is 5. The number of hydrogen-bond acceptors (Lipinski definition) is 2. The van der Waals surface area contributed by atoms with E-state index in [1.807, 2.05) is 0 Å². The fourth-order valence-corrected chi connectivity index (χ4v) is 105. The van der Waals surface area contributed by atoms with Gasteiger partial charge in [0, 0.05) is 0 Å². The van der Waals surface area contributed by atoms with E-state index in [1.54, 1.807) is 51.2 Å².